The number of anilines is 3. The smallest absolute Gasteiger partial charge is 0.251 e. The van der Waals surface area contributed by atoms with Gasteiger partial charge in [0.05, 0.1) is 23.3 Å². The van der Waals surface area contributed by atoms with Crippen LogP contribution in [0.15, 0.2) is 30.5 Å². The van der Waals surface area contributed by atoms with Gasteiger partial charge in [0.1, 0.15) is 5.69 Å². The number of aliphatic hydroxyl groups is 1. The predicted molar refractivity (Wildman–Crippen MR) is 154 cm³/mol. The number of alkyl halides is 2. The zero-order chi connectivity index (χ0) is 27.7. The molecule has 1 aromatic carbocycles. The van der Waals surface area contributed by atoms with Crippen molar-refractivity contribution in [2.24, 2.45) is 5.41 Å². The number of nitrogens with zero attached hydrogens (tertiary/aromatic N) is 7. The van der Waals surface area contributed by atoms with Crippen LogP contribution in [0.25, 0.3) is 17.1 Å². The van der Waals surface area contributed by atoms with Gasteiger partial charge in [0, 0.05) is 62.8 Å². The third-order valence-corrected chi connectivity index (χ3v) is 9.19. The van der Waals surface area contributed by atoms with Crippen LogP contribution in [0.3, 0.4) is 0 Å². The second-order valence-electron chi connectivity index (χ2n) is 11.3. The molecule has 2 N–H and O–H groups in total. The number of hydrogen-bond donors (Lipinski definition) is 2. The Bertz CT molecular complexity index is 1330. The molecule has 3 fully saturated rings. The topological polar surface area (TPSA) is 95.2 Å². The van der Waals surface area contributed by atoms with E-state index in [1.807, 2.05) is 30.2 Å². The quantitative estimate of drug-likeness (QED) is 0.269. The molecule has 1 spiro atoms. The van der Waals surface area contributed by atoms with Crippen molar-refractivity contribution in [1.82, 2.24) is 25.0 Å². The first-order chi connectivity index (χ1) is 19.3. The van der Waals surface area contributed by atoms with Gasteiger partial charge in [0.15, 0.2) is 0 Å². The average Bonchev–Trinajstić information content (AvgIpc) is 3.51. The predicted octanol–water partition coefficient (Wildman–Crippen LogP) is 5.09. The van der Waals surface area contributed by atoms with E-state index in [4.69, 9.17) is 10.1 Å². The van der Waals surface area contributed by atoms with E-state index in [1.165, 1.54) is 25.7 Å². The largest absolute Gasteiger partial charge is 0.396 e. The lowest BCUT2D eigenvalue weighted by molar-refractivity contribution is -0.0222. The minimum atomic E-state index is -2.62. The highest BCUT2D eigenvalue weighted by Crippen LogP contribution is 2.54. The number of rotatable bonds is 9. The lowest BCUT2D eigenvalue weighted by Crippen LogP contribution is -2.40. The van der Waals surface area contributed by atoms with E-state index in [9.17, 15) is 8.78 Å². The molecule has 3 aromatic rings. The zero-order valence-corrected chi connectivity index (χ0v) is 23.6. The zero-order valence-electron chi connectivity index (χ0n) is 22.8. The molecule has 0 radical (unpaired) electrons. The molecule has 2 saturated heterocycles. The summed E-state index contributed by atoms with van der Waals surface area (Å²) in [6.45, 7) is 4.54. The van der Waals surface area contributed by atoms with Crippen molar-refractivity contribution in [3.63, 3.8) is 0 Å². The van der Waals surface area contributed by atoms with Crippen molar-refractivity contribution in [2.45, 2.75) is 57.8 Å². The fourth-order valence-electron chi connectivity index (χ4n) is 5.56. The third-order valence-electron chi connectivity index (χ3n) is 8.31. The van der Waals surface area contributed by atoms with Crippen molar-refractivity contribution in [1.29, 1.82) is 0 Å². The first-order valence-corrected chi connectivity index (χ1v) is 15.1. The lowest BCUT2D eigenvalue weighted by atomic mass is 9.93. The van der Waals surface area contributed by atoms with E-state index in [0.29, 0.717) is 22.8 Å². The van der Waals surface area contributed by atoms with E-state index in [-0.39, 0.29) is 32.5 Å². The standard InChI is InChI=1S/C28H36F2N8OS/c1-20-17-22(32-26(31-20)37-13-9-28(29,30)10-14-37)23-19-38(35-33-23)24-4-3-21(34-40-16-2-15-39)18-25(24)36-11-7-27(5-6-27)8-12-36/h3-4,17-19,34,39H,2,5-16H2,1H3. The molecule has 0 amide bonds. The Labute approximate surface area is 237 Å². The summed E-state index contributed by atoms with van der Waals surface area (Å²) >= 11 is 1.59. The molecule has 3 aliphatic rings. The van der Waals surface area contributed by atoms with Gasteiger partial charge in [-0.2, -0.15) is 0 Å². The van der Waals surface area contributed by atoms with Gasteiger partial charge in [-0.15, -0.1) is 5.10 Å². The Morgan fingerprint density at radius 2 is 1.68 bits per heavy atom. The molecular formula is C28H36F2N8OS. The molecule has 1 aliphatic carbocycles. The maximum atomic E-state index is 13.7. The van der Waals surface area contributed by atoms with Gasteiger partial charge in [-0.25, -0.2) is 23.4 Å². The Morgan fingerprint density at radius 1 is 0.925 bits per heavy atom. The monoisotopic (exact) mass is 570 g/mol. The normalized spacial score (nSPS) is 19.7. The van der Waals surface area contributed by atoms with Gasteiger partial charge in [-0.05, 0) is 68.7 Å². The summed E-state index contributed by atoms with van der Waals surface area (Å²) in [5.74, 6) is -1.34. The molecule has 2 aromatic heterocycles. The van der Waals surface area contributed by atoms with Crippen molar-refractivity contribution < 1.29 is 13.9 Å². The van der Waals surface area contributed by atoms with Gasteiger partial charge in [-0.3, -0.25) is 0 Å². The number of hydrogen-bond acceptors (Lipinski definition) is 9. The van der Waals surface area contributed by atoms with Crippen molar-refractivity contribution in [3.05, 3.63) is 36.2 Å². The number of aliphatic hydroxyl groups excluding tert-OH is 1. The first-order valence-electron chi connectivity index (χ1n) is 14.1. The summed E-state index contributed by atoms with van der Waals surface area (Å²) in [6, 6.07) is 8.13. The van der Waals surface area contributed by atoms with Gasteiger partial charge >= 0.3 is 0 Å². The number of nitrogens with one attached hydrogen (secondary N) is 1. The van der Waals surface area contributed by atoms with Crippen LogP contribution in [0.4, 0.5) is 26.1 Å². The molecule has 4 heterocycles. The van der Waals surface area contributed by atoms with Crippen LogP contribution in [0.5, 0.6) is 0 Å². The number of aromatic nitrogens is 5. The van der Waals surface area contributed by atoms with Crippen LogP contribution in [-0.4, -0.2) is 74.5 Å². The summed E-state index contributed by atoms with van der Waals surface area (Å²) in [5, 5.41) is 18.0. The van der Waals surface area contributed by atoms with Gasteiger partial charge < -0.3 is 19.6 Å². The van der Waals surface area contributed by atoms with Crippen LogP contribution in [-0.2, 0) is 0 Å². The number of aryl methyl sites for hydroxylation is 1. The maximum absolute atomic E-state index is 13.7. The SMILES string of the molecule is Cc1cc(-c2cn(-c3ccc(NSCCCO)cc3N3CCC4(CC3)CC4)nn2)nc(N2CCC(F)(F)CC2)n1. The van der Waals surface area contributed by atoms with Gasteiger partial charge in [0.2, 0.25) is 5.95 Å². The Balaban J connectivity index is 1.26. The van der Waals surface area contributed by atoms with Crippen molar-refractivity contribution in [2.75, 3.05) is 53.1 Å². The van der Waals surface area contributed by atoms with E-state index < -0.39 is 5.92 Å². The van der Waals surface area contributed by atoms with E-state index >= 15 is 0 Å². The minimum absolute atomic E-state index is 0.185. The molecule has 6 rings (SSSR count). The minimum Gasteiger partial charge on any atom is -0.396 e. The van der Waals surface area contributed by atoms with Crippen LogP contribution in [0.2, 0.25) is 0 Å². The summed E-state index contributed by atoms with van der Waals surface area (Å²) < 4.78 is 32.6. The number of halogens is 2. The fourth-order valence-corrected chi connectivity index (χ4v) is 6.23. The Kier molecular flexibility index (Phi) is 7.56. The summed E-state index contributed by atoms with van der Waals surface area (Å²) in [6.07, 6.45) is 7.36. The molecule has 0 bridgehead atoms. The molecule has 40 heavy (non-hydrogen) atoms. The highest BCUT2D eigenvalue weighted by molar-refractivity contribution is 8.00. The molecule has 0 atom stereocenters. The van der Waals surface area contributed by atoms with E-state index in [1.54, 1.807) is 16.6 Å². The van der Waals surface area contributed by atoms with Crippen LogP contribution < -0.4 is 14.5 Å². The van der Waals surface area contributed by atoms with Crippen molar-refractivity contribution >= 4 is 29.3 Å². The van der Waals surface area contributed by atoms with Gasteiger partial charge in [0.25, 0.3) is 5.92 Å². The third kappa shape index (κ3) is 6.02. The lowest BCUT2D eigenvalue weighted by Gasteiger charge is -2.35. The van der Waals surface area contributed by atoms with Crippen LogP contribution in [0.1, 0.15) is 50.6 Å². The first kappa shape index (κ1) is 27.2. The van der Waals surface area contributed by atoms with Gasteiger partial charge in [-0.1, -0.05) is 17.2 Å². The summed E-state index contributed by atoms with van der Waals surface area (Å²) in [4.78, 5) is 13.5. The molecule has 2 aliphatic heterocycles. The molecule has 0 unspecified atom stereocenters. The highest BCUT2D eigenvalue weighted by Gasteiger charge is 2.44. The second-order valence-corrected chi connectivity index (χ2v) is 12.2. The fraction of sp³-hybridized carbons (Fsp3) is 0.571. The highest BCUT2D eigenvalue weighted by atomic mass is 32.2. The Hall–Kier alpha value is -2.99. The second kappa shape index (κ2) is 11.1. The Morgan fingerprint density at radius 3 is 2.40 bits per heavy atom. The van der Waals surface area contributed by atoms with E-state index in [0.717, 1.165) is 48.0 Å². The van der Waals surface area contributed by atoms with Crippen LogP contribution >= 0.6 is 11.9 Å². The molecule has 12 heteroatoms. The molecular weight excluding hydrogens is 534 g/mol. The summed E-state index contributed by atoms with van der Waals surface area (Å²) in [7, 11) is 0. The number of benzene rings is 1. The van der Waals surface area contributed by atoms with Crippen LogP contribution in [0, 0.1) is 12.3 Å². The molecule has 214 valence electrons. The summed E-state index contributed by atoms with van der Waals surface area (Å²) in [5.41, 5.74) is 5.62. The molecule has 1 saturated carbocycles. The van der Waals surface area contributed by atoms with Crippen molar-refractivity contribution in [3.8, 4) is 17.1 Å². The maximum Gasteiger partial charge on any atom is 0.251 e. The number of piperidine rings is 2. The molecule has 9 nitrogen and oxygen atoms in total. The van der Waals surface area contributed by atoms with E-state index in [2.05, 4.69) is 37.1 Å². The average molecular weight is 571 g/mol.